The first kappa shape index (κ1) is 26.5. The topological polar surface area (TPSA) is 66.8 Å². The summed E-state index contributed by atoms with van der Waals surface area (Å²) >= 11 is 7.72. The zero-order valence-corrected chi connectivity index (χ0v) is 23.3. The molecule has 0 radical (unpaired) electrons. The molecule has 3 rings (SSSR count). The van der Waals surface area contributed by atoms with E-state index in [2.05, 4.69) is 52.3 Å². The van der Waals surface area contributed by atoms with Gasteiger partial charge in [-0.15, -0.1) is 0 Å². The molecule has 0 spiro atoms. The van der Waals surface area contributed by atoms with Crippen molar-refractivity contribution in [3.63, 3.8) is 0 Å². The van der Waals surface area contributed by atoms with Gasteiger partial charge in [-0.2, -0.15) is 0 Å². The number of aromatic hydroxyl groups is 1. The van der Waals surface area contributed by atoms with E-state index in [1.54, 1.807) is 18.2 Å². The molecule has 1 aromatic carbocycles. The molecule has 5 unspecified atom stereocenters. The molecule has 0 fully saturated rings. The quantitative estimate of drug-likeness (QED) is 0.212. The summed E-state index contributed by atoms with van der Waals surface area (Å²) in [6.07, 6.45) is 4.79. The largest absolute Gasteiger partial charge is 0.508 e. The molecule has 5 atom stereocenters. The summed E-state index contributed by atoms with van der Waals surface area (Å²) in [5, 5.41) is 21.9. The highest BCUT2D eigenvalue weighted by Crippen LogP contribution is 2.50. The van der Waals surface area contributed by atoms with E-state index in [-0.39, 0.29) is 16.0 Å². The van der Waals surface area contributed by atoms with Crippen LogP contribution < -0.4 is 0 Å². The van der Waals surface area contributed by atoms with Gasteiger partial charge in [-0.25, -0.2) is 4.79 Å². The number of hydrogen-bond acceptors (Lipinski definition) is 4. The molecule has 2 N–H and O–H groups in total. The number of aliphatic hydroxyl groups is 1. The summed E-state index contributed by atoms with van der Waals surface area (Å²) in [6.45, 7) is 12.1. The minimum atomic E-state index is -0.956. The molecule has 1 aliphatic heterocycles. The number of phenols is 1. The SMILES string of the molecule is C=C(C)C1CCC(C)(O)C(Br)CCC2(C)C(=C(C)CCC2Br)Cc2cc(ccc2O)C(=O)O1. The van der Waals surface area contributed by atoms with E-state index in [9.17, 15) is 15.0 Å². The average Bonchev–Trinajstić information content (AvgIpc) is 2.75. The first-order valence-corrected chi connectivity index (χ1v) is 13.6. The van der Waals surface area contributed by atoms with E-state index < -0.39 is 17.7 Å². The average molecular weight is 584 g/mol. The Morgan fingerprint density at radius 1 is 1.15 bits per heavy atom. The number of alkyl halides is 2. The molecule has 0 saturated heterocycles. The van der Waals surface area contributed by atoms with E-state index >= 15 is 0 Å². The predicted octanol–water partition coefficient (Wildman–Crippen LogP) is 7.00. The third kappa shape index (κ3) is 5.76. The molecule has 0 aromatic heterocycles. The van der Waals surface area contributed by atoms with Gasteiger partial charge in [0.25, 0.3) is 0 Å². The van der Waals surface area contributed by atoms with Gasteiger partial charge in [-0.05, 0) is 95.1 Å². The molecule has 6 heteroatoms. The Morgan fingerprint density at radius 3 is 2.52 bits per heavy atom. The second kappa shape index (κ2) is 10.2. The third-order valence-corrected chi connectivity index (χ3v) is 10.6. The first-order chi connectivity index (χ1) is 15.3. The smallest absolute Gasteiger partial charge is 0.338 e. The minimum absolute atomic E-state index is 0.105. The highest BCUT2D eigenvalue weighted by atomic mass is 79.9. The van der Waals surface area contributed by atoms with Crippen LogP contribution in [0.1, 0.15) is 82.1 Å². The summed E-state index contributed by atoms with van der Waals surface area (Å²) in [6, 6.07) is 4.95. The number of benzene rings is 1. The van der Waals surface area contributed by atoms with Gasteiger partial charge in [0.2, 0.25) is 0 Å². The molecular weight excluding hydrogens is 548 g/mol. The summed E-state index contributed by atoms with van der Waals surface area (Å²) in [5.41, 5.74) is 3.44. The Balaban J connectivity index is 2.08. The number of hydrogen-bond donors (Lipinski definition) is 2. The lowest BCUT2D eigenvalue weighted by Gasteiger charge is -2.43. The fourth-order valence-electron chi connectivity index (χ4n) is 5.11. The summed E-state index contributed by atoms with van der Waals surface area (Å²) in [5.74, 6) is -0.252. The van der Waals surface area contributed by atoms with E-state index in [4.69, 9.17) is 4.74 Å². The molecule has 182 valence electrons. The maximum Gasteiger partial charge on any atom is 0.338 e. The first-order valence-electron chi connectivity index (χ1n) is 11.7. The van der Waals surface area contributed by atoms with Crippen LogP contribution in [0.15, 0.2) is 41.5 Å². The molecule has 2 bridgehead atoms. The van der Waals surface area contributed by atoms with Crippen molar-refractivity contribution in [1.82, 2.24) is 0 Å². The van der Waals surface area contributed by atoms with Gasteiger partial charge in [0, 0.05) is 15.1 Å². The lowest BCUT2D eigenvalue weighted by atomic mass is 9.66. The van der Waals surface area contributed by atoms with Gasteiger partial charge in [0.15, 0.2) is 0 Å². The van der Waals surface area contributed by atoms with Gasteiger partial charge in [0.05, 0.1) is 11.2 Å². The number of phenolic OH excluding ortho intramolecular Hbond substituents is 1. The zero-order valence-electron chi connectivity index (χ0n) is 20.1. The highest BCUT2D eigenvalue weighted by Gasteiger charge is 2.42. The number of ether oxygens (including phenoxy) is 1. The number of esters is 1. The maximum atomic E-state index is 13.0. The van der Waals surface area contributed by atoms with Crippen LogP contribution in [0.3, 0.4) is 0 Å². The van der Waals surface area contributed by atoms with Crippen molar-refractivity contribution >= 4 is 37.8 Å². The summed E-state index contributed by atoms with van der Waals surface area (Å²) in [4.78, 5) is 13.2. The van der Waals surface area contributed by atoms with E-state index in [0.29, 0.717) is 29.7 Å². The van der Waals surface area contributed by atoms with E-state index in [1.807, 2.05) is 13.8 Å². The highest BCUT2D eigenvalue weighted by molar-refractivity contribution is 9.09. The monoisotopic (exact) mass is 582 g/mol. The fraction of sp³-hybridized carbons (Fsp3) is 0.593. The van der Waals surface area contributed by atoms with Crippen LogP contribution >= 0.6 is 31.9 Å². The number of allylic oxidation sites excluding steroid dienone is 2. The number of carbonyl (C=O) groups excluding carboxylic acids is 1. The summed E-state index contributed by atoms with van der Waals surface area (Å²) < 4.78 is 5.79. The van der Waals surface area contributed by atoms with Crippen molar-refractivity contribution < 1.29 is 19.7 Å². The molecular formula is C27H36Br2O4. The molecule has 1 aliphatic carbocycles. The molecule has 1 aromatic rings. The Morgan fingerprint density at radius 2 is 1.85 bits per heavy atom. The second-order valence-corrected chi connectivity index (χ2v) is 12.6. The van der Waals surface area contributed by atoms with Crippen LogP contribution in [-0.4, -0.2) is 37.5 Å². The van der Waals surface area contributed by atoms with Gasteiger partial charge >= 0.3 is 5.97 Å². The predicted molar refractivity (Wildman–Crippen MR) is 140 cm³/mol. The van der Waals surface area contributed by atoms with Crippen LogP contribution in [0.2, 0.25) is 0 Å². The van der Waals surface area contributed by atoms with Gasteiger partial charge in [-0.3, -0.25) is 0 Å². The van der Waals surface area contributed by atoms with Crippen LogP contribution in [-0.2, 0) is 11.2 Å². The van der Waals surface area contributed by atoms with Crippen LogP contribution in [0.25, 0.3) is 0 Å². The van der Waals surface area contributed by atoms with E-state index in [0.717, 1.165) is 36.8 Å². The lowest BCUT2D eigenvalue weighted by Crippen LogP contribution is -2.40. The molecule has 2 aliphatic rings. The number of rotatable bonds is 1. The van der Waals surface area contributed by atoms with E-state index in [1.165, 1.54) is 11.1 Å². The standard InChI is InChI=1S/C27H36Br2O4/c1-16(2)22-10-13-27(5,32)24(29)11-12-26(4)20(17(3)6-9-23(26)28)15-19-14-18(25(31)33-22)7-8-21(19)30/h7-8,14,22-24,30,32H,1,6,9-13,15H2,2-5H3. The lowest BCUT2D eigenvalue weighted by molar-refractivity contribution is 0.0143. The zero-order chi connectivity index (χ0) is 24.6. The van der Waals surface area contributed by atoms with Crippen molar-refractivity contribution in [3.05, 3.63) is 52.6 Å². The Hall–Kier alpha value is -1.11. The van der Waals surface area contributed by atoms with Crippen molar-refractivity contribution in [2.45, 2.75) is 94.0 Å². The van der Waals surface area contributed by atoms with Crippen LogP contribution in [0.5, 0.6) is 5.75 Å². The number of carbonyl (C=O) groups is 1. The molecule has 0 amide bonds. The van der Waals surface area contributed by atoms with Crippen LogP contribution in [0, 0.1) is 5.41 Å². The number of cyclic esters (lactones) is 1. The Kier molecular flexibility index (Phi) is 8.23. The van der Waals surface area contributed by atoms with Crippen molar-refractivity contribution in [3.8, 4) is 5.75 Å². The minimum Gasteiger partial charge on any atom is -0.508 e. The molecule has 1 heterocycles. The van der Waals surface area contributed by atoms with Crippen molar-refractivity contribution in [2.24, 2.45) is 5.41 Å². The maximum absolute atomic E-state index is 13.0. The normalized spacial score (nSPS) is 34.0. The number of fused-ring (bicyclic) bond motifs is 3. The van der Waals surface area contributed by atoms with Gasteiger partial charge < -0.3 is 14.9 Å². The third-order valence-electron chi connectivity index (χ3n) is 7.65. The van der Waals surface area contributed by atoms with Gasteiger partial charge in [-0.1, -0.05) is 56.5 Å². The van der Waals surface area contributed by atoms with Gasteiger partial charge in [0.1, 0.15) is 11.9 Å². The molecule has 0 saturated carbocycles. The Bertz CT molecular complexity index is 951. The van der Waals surface area contributed by atoms with Crippen LogP contribution in [0.4, 0.5) is 0 Å². The van der Waals surface area contributed by atoms with Crippen molar-refractivity contribution in [2.75, 3.05) is 0 Å². The summed E-state index contributed by atoms with van der Waals surface area (Å²) in [7, 11) is 0. The second-order valence-electron chi connectivity index (χ2n) is 10.3. The molecule has 4 nitrogen and oxygen atoms in total. The Labute approximate surface area is 214 Å². The van der Waals surface area contributed by atoms with Crippen molar-refractivity contribution in [1.29, 1.82) is 0 Å². The fourth-order valence-corrected chi connectivity index (χ4v) is 6.31. The molecule has 33 heavy (non-hydrogen) atoms. The number of halogens is 2.